The van der Waals surface area contributed by atoms with E-state index in [2.05, 4.69) is 15.3 Å². The number of carbonyl (C=O) groups excluding carboxylic acids is 1. The summed E-state index contributed by atoms with van der Waals surface area (Å²) in [6.07, 6.45) is 5.01. The minimum atomic E-state index is -3.19. The van der Waals surface area contributed by atoms with Crippen molar-refractivity contribution in [2.75, 3.05) is 25.9 Å². The quantitative estimate of drug-likeness (QED) is 0.776. The Morgan fingerprint density at radius 1 is 1.36 bits per heavy atom. The summed E-state index contributed by atoms with van der Waals surface area (Å²) in [5.41, 5.74) is 1.65. The Hall–Kier alpha value is -1.45. The molecular weight excluding hydrogens is 342 g/mol. The van der Waals surface area contributed by atoms with Crippen LogP contribution < -0.4 is 5.32 Å². The van der Waals surface area contributed by atoms with Crippen LogP contribution in [-0.4, -0.2) is 65.2 Å². The number of likely N-dealkylation sites (tertiary alicyclic amines) is 1. The zero-order chi connectivity index (χ0) is 17.6. The molecule has 0 radical (unpaired) electrons. The van der Waals surface area contributed by atoms with Crippen LogP contribution in [-0.2, 0) is 34.5 Å². The second-order valence-corrected chi connectivity index (χ2v) is 9.47. The molecule has 2 aliphatic heterocycles. The number of hydrogen-bond donors (Lipinski definition) is 1. The fourth-order valence-corrected chi connectivity index (χ4v) is 5.10. The Balaban J connectivity index is 1.30. The third kappa shape index (κ3) is 3.58. The number of nitrogens with zero attached hydrogens (tertiary/aromatic N) is 4. The monoisotopic (exact) mass is 367 g/mol. The van der Waals surface area contributed by atoms with Gasteiger partial charge in [0.25, 0.3) is 0 Å². The predicted molar refractivity (Wildman–Crippen MR) is 92.0 cm³/mol. The minimum Gasteiger partial charge on any atom is -0.349 e. The molecule has 8 nitrogen and oxygen atoms in total. The Morgan fingerprint density at radius 3 is 2.88 bits per heavy atom. The molecule has 3 aliphatic rings. The highest BCUT2D eigenvalue weighted by molar-refractivity contribution is 7.88. The zero-order valence-electron chi connectivity index (χ0n) is 14.5. The molecule has 1 saturated carbocycles. The van der Waals surface area contributed by atoms with Gasteiger partial charge in [-0.05, 0) is 31.2 Å². The maximum atomic E-state index is 12.2. The van der Waals surface area contributed by atoms with Gasteiger partial charge in [-0.3, -0.25) is 14.4 Å². The van der Waals surface area contributed by atoms with Crippen LogP contribution in [0.1, 0.15) is 30.7 Å². The molecule has 1 aromatic rings. The molecule has 1 aromatic heterocycles. The average Bonchev–Trinajstić information content (AvgIpc) is 3.25. The molecule has 25 heavy (non-hydrogen) atoms. The van der Waals surface area contributed by atoms with Crippen LogP contribution in [0.5, 0.6) is 0 Å². The molecule has 0 spiro atoms. The Bertz CT molecular complexity index is 775. The summed E-state index contributed by atoms with van der Waals surface area (Å²) in [7, 11) is -3.19. The summed E-state index contributed by atoms with van der Waals surface area (Å²) < 4.78 is 26.6. The van der Waals surface area contributed by atoms with Crippen molar-refractivity contribution < 1.29 is 13.2 Å². The molecule has 1 amide bonds. The van der Waals surface area contributed by atoms with Crippen LogP contribution in [0.2, 0.25) is 0 Å². The lowest BCUT2D eigenvalue weighted by Gasteiger charge is -2.25. The van der Waals surface area contributed by atoms with Gasteiger partial charge in [0.15, 0.2) is 0 Å². The molecule has 138 valence electrons. The summed E-state index contributed by atoms with van der Waals surface area (Å²) in [6, 6.07) is 2.48. The smallest absolute Gasteiger partial charge is 0.234 e. The number of piperidine rings is 1. The second kappa shape index (κ2) is 6.37. The number of rotatable bonds is 5. The van der Waals surface area contributed by atoms with Crippen molar-refractivity contribution in [3.05, 3.63) is 17.5 Å². The van der Waals surface area contributed by atoms with Gasteiger partial charge in [-0.25, -0.2) is 8.42 Å². The number of amides is 1. The van der Waals surface area contributed by atoms with Gasteiger partial charge in [-0.15, -0.1) is 0 Å². The first-order chi connectivity index (χ1) is 11.9. The molecule has 0 aromatic carbocycles. The number of aromatic nitrogens is 2. The molecule has 4 rings (SSSR count). The third-order valence-corrected chi connectivity index (χ3v) is 6.87. The Labute approximate surface area is 148 Å². The largest absolute Gasteiger partial charge is 0.349 e. The van der Waals surface area contributed by atoms with Crippen molar-refractivity contribution in [1.82, 2.24) is 24.3 Å². The molecule has 2 fully saturated rings. The second-order valence-electron chi connectivity index (χ2n) is 7.49. The van der Waals surface area contributed by atoms with E-state index in [0.29, 0.717) is 38.8 Å². The SMILES string of the molecule is CS(=O)(=O)N1CCn2nc(CNC(=O)CN3C[C@H]4CC[C@@H]3C4)cc2C1. The van der Waals surface area contributed by atoms with Crippen LogP contribution in [0.15, 0.2) is 6.07 Å². The van der Waals surface area contributed by atoms with Gasteiger partial charge >= 0.3 is 0 Å². The highest BCUT2D eigenvalue weighted by Crippen LogP contribution is 2.36. The molecule has 3 heterocycles. The molecule has 1 aliphatic carbocycles. The third-order valence-electron chi connectivity index (χ3n) is 5.62. The van der Waals surface area contributed by atoms with E-state index < -0.39 is 10.0 Å². The van der Waals surface area contributed by atoms with E-state index in [4.69, 9.17) is 0 Å². The minimum absolute atomic E-state index is 0.0382. The lowest BCUT2D eigenvalue weighted by atomic mass is 10.1. The van der Waals surface area contributed by atoms with Crippen LogP contribution in [0.3, 0.4) is 0 Å². The Morgan fingerprint density at radius 2 is 2.20 bits per heavy atom. The lowest BCUT2D eigenvalue weighted by molar-refractivity contribution is -0.122. The van der Waals surface area contributed by atoms with Crippen molar-refractivity contribution >= 4 is 15.9 Å². The van der Waals surface area contributed by atoms with Gasteiger partial charge in [0.1, 0.15) is 0 Å². The first kappa shape index (κ1) is 17.0. The summed E-state index contributed by atoms with van der Waals surface area (Å²) in [5, 5.41) is 7.42. The summed E-state index contributed by atoms with van der Waals surface area (Å²) in [5.74, 6) is 0.826. The number of hydrogen-bond acceptors (Lipinski definition) is 5. The molecule has 2 atom stereocenters. The van der Waals surface area contributed by atoms with Gasteiger partial charge in [0, 0.05) is 19.1 Å². The van der Waals surface area contributed by atoms with E-state index in [0.717, 1.165) is 23.9 Å². The molecule has 9 heteroatoms. The Kier molecular flexibility index (Phi) is 4.33. The number of nitrogens with one attached hydrogen (secondary N) is 1. The molecule has 2 bridgehead atoms. The van der Waals surface area contributed by atoms with Crippen LogP contribution >= 0.6 is 0 Å². The van der Waals surface area contributed by atoms with Crippen LogP contribution in [0, 0.1) is 5.92 Å². The standard InChI is InChI=1S/C16H25N5O3S/c1-25(23,24)20-4-5-21-15(10-20)7-13(18-21)8-17-16(22)11-19-9-12-2-3-14(19)6-12/h7,12,14H,2-6,8-11H2,1H3,(H,17,22)/t12-,14+/m0/s1. The van der Waals surface area contributed by atoms with E-state index in [9.17, 15) is 13.2 Å². The van der Waals surface area contributed by atoms with E-state index >= 15 is 0 Å². The first-order valence-electron chi connectivity index (χ1n) is 8.90. The van der Waals surface area contributed by atoms with E-state index in [-0.39, 0.29) is 5.91 Å². The van der Waals surface area contributed by atoms with Crippen molar-refractivity contribution in [2.45, 2.75) is 44.9 Å². The number of carbonyl (C=O) groups is 1. The van der Waals surface area contributed by atoms with E-state index in [1.54, 1.807) is 0 Å². The highest BCUT2D eigenvalue weighted by Gasteiger charge is 2.38. The maximum Gasteiger partial charge on any atom is 0.234 e. The maximum absolute atomic E-state index is 12.2. The average molecular weight is 367 g/mol. The number of fused-ring (bicyclic) bond motifs is 3. The first-order valence-corrected chi connectivity index (χ1v) is 10.7. The number of sulfonamides is 1. The summed E-state index contributed by atoms with van der Waals surface area (Å²) in [4.78, 5) is 14.5. The van der Waals surface area contributed by atoms with Gasteiger partial charge in [0.2, 0.25) is 15.9 Å². The van der Waals surface area contributed by atoms with Crippen LogP contribution in [0.4, 0.5) is 0 Å². The van der Waals surface area contributed by atoms with Crippen molar-refractivity contribution in [2.24, 2.45) is 5.92 Å². The van der Waals surface area contributed by atoms with Gasteiger partial charge in [-0.1, -0.05) is 0 Å². The highest BCUT2D eigenvalue weighted by atomic mass is 32.2. The molecule has 1 N–H and O–H groups in total. The van der Waals surface area contributed by atoms with Crippen molar-refractivity contribution in [3.63, 3.8) is 0 Å². The van der Waals surface area contributed by atoms with Crippen molar-refractivity contribution in [3.8, 4) is 0 Å². The molecular formula is C16H25N5O3S. The van der Waals surface area contributed by atoms with E-state index in [1.807, 2.05) is 10.7 Å². The van der Waals surface area contributed by atoms with E-state index in [1.165, 1.54) is 29.8 Å². The fraction of sp³-hybridized carbons (Fsp3) is 0.750. The predicted octanol–water partition coefficient (Wildman–Crippen LogP) is -0.241. The summed E-state index contributed by atoms with van der Waals surface area (Å²) in [6.45, 7) is 3.25. The molecule has 1 saturated heterocycles. The topological polar surface area (TPSA) is 87.5 Å². The van der Waals surface area contributed by atoms with Gasteiger partial charge in [0.05, 0.1) is 43.8 Å². The van der Waals surface area contributed by atoms with Gasteiger partial charge in [-0.2, -0.15) is 9.40 Å². The summed E-state index contributed by atoms with van der Waals surface area (Å²) >= 11 is 0. The molecule has 0 unspecified atom stereocenters. The zero-order valence-corrected chi connectivity index (χ0v) is 15.3. The fourth-order valence-electron chi connectivity index (χ4n) is 4.32. The van der Waals surface area contributed by atoms with Gasteiger partial charge < -0.3 is 5.32 Å². The normalized spacial score (nSPS) is 26.8. The lowest BCUT2D eigenvalue weighted by Crippen LogP contribution is -2.41. The van der Waals surface area contributed by atoms with Crippen LogP contribution in [0.25, 0.3) is 0 Å². The van der Waals surface area contributed by atoms with Crippen molar-refractivity contribution in [1.29, 1.82) is 0 Å².